The van der Waals surface area contributed by atoms with Crippen molar-refractivity contribution in [3.8, 4) is 16.9 Å². The summed E-state index contributed by atoms with van der Waals surface area (Å²) in [5.74, 6) is -0.121. The topological polar surface area (TPSA) is 46.5 Å². The SMILES string of the molecule is COC(=O)c1ccc(-c2cccc(O)c2)c(C)c1. The molecule has 0 aliphatic rings. The van der Waals surface area contributed by atoms with Gasteiger partial charge in [0.1, 0.15) is 5.75 Å². The van der Waals surface area contributed by atoms with Crippen LogP contribution in [-0.4, -0.2) is 18.2 Å². The Morgan fingerprint density at radius 3 is 2.56 bits per heavy atom. The Kier molecular flexibility index (Phi) is 3.33. The van der Waals surface area contributed by atoms with E-state index in [2.05, 4.69) is 4.74 Å². The van der Waals surface area contributed by atoms with Gasteiger partial charge >= 0.3 is 5.97 Å². The Morgan fingerprint density at radius 2 is 1.94 bits per heavy atom. The molecule has 18 heavy (non-hydrogen) atoms. The molecule has 0 aliphatic carbocycles. The third-order valence-electron chi connectivity index (χ3n) is 2.80. The zero-order valence-electron chi connectivity index (χ0n) is 10.3. The summed E-state index contributed by atoms with van der Waals surface area (Å²) >= 11 is 0. The lowest BCUT2D eigenvalue weighted by Crippen LogP contribution is -2.01. The van der Waals surface area contributed by atoms with Gasteiger partial charge in [-0.25, -0.2) is 4.79 Å². The number of ether oxygens (including phenoxy) is 1. The number of phenolic OH excluding ortho intramolecular Hbond substituents is 1. The van der Waals surface area contributed by atoms with Crippen LogP contribution in [0.15, 0.2) is 42.5 Å². The van der Waals surface area contributed by atoms with Gasteiger partial charge in [-0.15, -0.1) is 0 Å². The highest BCUT2D eigenvalue weighted by Crippen LogP contribution is 2.27. The van der Waals surface area contributed by atoms with E-state index in [4.69, 9.17) is 0 Å². The maximum atomic E-state index is 11.4. The van der Waals surface area contributed by atoms with Crippen LogP contribution in [0.1, 0.15) is 15.9 Å². The van der Waals surface area contributed by atoms with Gasteiger partial charge in [0, 0.05) is 0 Å². The molecule has 1 N–H and O–H groups in total. The summed E-state index contributed by atoms with van der Waals surface area (Å²) in [6.07, 6.45) is 0. The highest BCUT2D eigenvalue weighted by Gasteiger charge is 2.08. The first kappa shape index (κ1) is 12.2. The van der Waals surface area contributed by atoms with Crippen LogP contribution in [0.2, 0.25) is 0 Å². The molecule has 0 unspecified atom stereocenters. The van der Waals surface area contributed by atoms with E-state index in [-0.39, 0.29) is 11.7 Å². The number of hydrogen-bond donors (Lipinski definition) is 1. The van der Waals surface area contributed by atoms with Crippen LogP contribution in [0.25, 0.3) is 11.1 Å². The number of aryl methyl sites for hydroxylation is 1. The molecule has 2 aromatic rings. The number of aromatic hydroxyl groups is 1. The van der Waals surface area contributed by atoms with E-state index in [0.717, 1.165) is 16.7 Å². The van der Waals surface area contributed by atoms with Crippen molar-refractivity contribution < 1.29 is 14.6 Å². The third kappa shape index (κ3) is 2.35. The molecule has 2 aromatic carbocycles. The zero-order chi connectivity index (χ0) is 13.1. The quantitative estimate of drug-likeness (QED) is 0.823. The second-order valence-corrected chi connectivity index (χ2v) is 4.07. The lowest BCUT2D eigenvalue weighted by atomic mass is 9.98. The molecular formula is C15H14O3. The van der Waals surface area contributed by atoms with Crippen LogP contribution in [0.5, 0.6) is 5.75 Å². The van der Waals surface area contributed by atoms with Crippen LogP contribution >= 0.6 is 0 Å². The maximum Gasteiger partial charge on any atom is 0.337 e. The molecule has 0 radical (unpaired) electrons. The summed E-state index contributed by atoms with van der Waals surface area (Å²) in [6.45, 7) is 1.92. The second-order valence-electron chi connectivity index (χ2n) is 4.07. The molecule has 2 rings (SSSR count). The van der Waals surface area contributed by atoms with Crippen molar-refractivity contribution in [2.24, 2.45) is 0 Å². The van der Waals surface area contributed by atoms with Crippen molar-refractivity contribution in [2.75, 3.05) is 7.11 Å². The largest absolute Gasteiger partial charge is 0.508 e. The lowest BCUT2D eigenvalue weighted by Gasteiger charge is -2.08. The van der Waals surface area contributed by atoms with Crippen molar-refractivity contribution in [1.29, 1.82) is 0 Å². The van der Waals surface area contributed by atoms with Gasteiger partial charge in [-0.05, 0) is 47.9 Å². The summed E-state index contributed by atoms with van der Waals surface area (Å²) in [4.78, 5) is 11.4. The van der Waals surface area contributed by atoms with E-state index < -0.39 is 0 Å². The third-order valence-corrected chi connectivity index (χ3v) is 2.80. The molecule has 3 heteroatoms. The van der Waals surface area contributed by atoms with E-state index >= 15 is 0 Å². The average Bonchev–Trinajstić information content (AvgIpc) is 2.37. The van der Waals surface area contributed by atoms with Gasteiger partial charge in [0.25, 0.3) is 0 Å². The number of phenols is 1. The predicted octanol–water partition coefficient (Wildman–Crippen LogP) is 3.15. The Hall–Kier alpha value is -2.29. The number of rotatable bonds is 2. The van der Waals surface area contributed by atoms with Crippen molar-refractivity contribution in [3.05, 3.63) is 53.6 Å². The first-order valence-electron chi connectivity index (χ1n) is 5.60. The number of esters is 1. The molecule has 0 saturated carbocycles. The van der Waals surface area contributed by atoms with E-state index in [0.29, 0.717) is 5.56 Å². The molecule has 0 fully saturated rings. The highest BCUT2D eigenvalue weighted by atomic mass is 16.5. The van der Waals surface area contributed by atoms with Crippen molar-refractivity contribution in [2.45, 2.75) is 6.92 Å². The normalized spacial score (nSPS) is 10.1. The number of carbonyl (C=O) groups excluding carboxylic acids is 1. The average molecular weight is 242 g/mol. The van der Waals surface area contributed by atoms with Gasteiger partial charge in [-0.3, -0.25) is 0 Å². The Bertz CT molecular complexity index is 588. The van der Waals surface area contributed by atoms with E-state index in [1.807, 2.05) is 19.1 Å². The van der Waals surface area contributed by atoms with Crippen molar-refractivity contribution in [3.63, 3.8) is 0 Å². The maximum absolute atomic E-state index is 11.4. The minimum absolute atomic E-state index is 0.226. The molecule has 0 heterocycles. The monoisotopic (exact) mass is 242 g/mol. The van der Waals surface area contributed by atoms with Gasteiger partial charge in [0.2, 0.25) is 0 Å². The molecule has 0 atom stereocenters. The van der Waals surface area contributed by atoms with Crippen molar-refractivity contribution >= 4 is 5.97 Å². The minimum Gasteiger partial charge on any atom is -0.508 e. The number of hydrogen-bond acceptors (Lipinski definition) is 3. The first-order chi connectivity index (χ1) is 8.61. The summed E-state index contributed by atoms with van der Waals surface area (Å²) in [5, 5.41) is 9.47. The molecular weight excluding hydrogens is 228 g/mol. The standard InChI is InChI=1S/C15H14O3/c1-10-8-12(15(17)18-2)6-7-14(10)11-4-3-5-13(16)9-11/h3-9,16H,1-2H3. The summed E-state index contributed by atoms with van der Waals surface area (Å²) in [5.41, 5.74) is 3.39. The fourth-order valence-corrected chi connectivity index (χ4v) is 1.91. The van der Waals surface area contributed by atoms with E-state index in [9.17, 15) is 9.90 Å². The van der Waals surface area contributed by atoms with Crippen LogP contribution in [0.3, 0.4) is 0 Å². The lowest BCUT2D eigenvalue weighted by molar-refractivity contribution is 0.0600. The zero-order valence-corrected chi connectivity index (χ0v) is 10.3. The molecule has 92 valence electrons. The molecule has 0 aliphatic heterocycles. The fourth-order valence-electron chi connectivity index (χ4n) is 1.91. The van der Waals surface area contributed by atoms with E-state index in [1.165, 1.54) is 7.11 Å². The van der Waals surface area contributed by atoms with Gasteiger partial charge in [0.05, 0.1) is 12.7 Å². The van der Waals surface area contributed by atoms with Gasteiger partial charge < -0.3 is 9.84 Å². The summed E-state index contributed by atoms with van der Waals surface area (Å²) in [6, 6.07) is 12.4. The minimum atomic E-state index is -0.347. The van der Waals surface area contributed by atoms with E-state index in [1.54, 1.807) is 30.3 Å². The molecule has 0 saturated heterocycles. The molecule has 0 bridgehead atoms. The Labute approximate surface area is 106 Å². The van der Waals surface area contributed by atoms with Gasteiger partial charge in [0.15, 0.2) is 0 Å². The predicted molar refractivity (Wildman–Crippen MR) is 69.6 cm³/mol. The summed E-state index contributed by atoms with van der Waals surface area (Å²) < 4.78 is 4.68. The molecule has 0 aromatic heterocycles. The van der Waals surface area contributed by atoms with Crippen LogP contribution in [0, 0.1) is 6.92 Å². The molecule has 3 nitrogen and oxygen atoms in total. The smallest absolute Gasteiger partial charge is 0.337 e. The van der Waals surface area contributed by atoms with Crippen LogP contribution < -0.4 is 0 Å². The van der Waals surface area contributed by atoms with Crippen LogP contribution in [0.4, 0.5) is 0 Å². The molecule has 0 spiro atoms. The van der Waals surface area contributed by atoms with Gasteiger partial charge in [-0.1, -0.05) is 18.2 Å². The fraction of sp³-hybridized carbons (Fsp3) is 0.133. The Morgan fingerprint density at radius 1 is 1.17 bits per heavy atom. The number of methoxy groups -OCH3 is 1. The highest BCUT2D eigenvalue weighted by molar-refractivity contribution is 5.90. The van der Waals surface area contributed by atoms with Crippen LogP contribution in [-0.2, 0) is 4.74 Å². The van der Waals surface area contributed by atoms with Gasteiger partial charge in [-0.2, -0.15) is 0 Å². The second kappa shape index (κ2) is 4.92. The number of benzene rings is 2. The van der Waals surface area contributed by atoms with Crippen molar-refractivity contribution in [1.82, 2.24) is 0 Å². The number of carbonyl (C=O) groups is 1. The first-order valence-corrected chi connectivity index (χ1v) is 5.60. The summed E-state index contributed by atoms with van der Waals surface area (Å²) in [7, 11) is 1.36. The molecule has 0 amide bonds. The Balaban J connectivity index is 2.45.